The monoisotopic (exact) mass is 428 g/mol. The molecule has 0 saturated carbocycles. The molecule has 2 aromatic rings. The SMILES string of the molecule is C#CCOc1c(Cl)cc(/C=C(\C#N)C(=O)Nc2ccc(C(=O)OC)cc2)cc1Cl. The van der Waals surface area contributed by atoms with Crippen LogP contribution in [0, 0.1) is 23.7 Å². The number of hydrogen-bond acceptors (Lipinski definition) is 5. The van der Waals surface area contributed by atoms with E-state index in [9.17, 15) is 14.9 Å². The van der Waals surface area contributed by atoms with Gasteiger partial charge in [-0.3, -0.25) is 4.79 Å². The lowest BCUT2D eigenvalue weighted by Crippen LogP contribution is -2.13. The van der Waals surface area contributed by atoms with Crippen LogP contribution < -0.4 is 10.1 Å². The third-order valence-electron chi connectivity index (χ3n) is 3.56. The largest absolute Gasteiger partial charge is 0.478 e. The van der Waals surface area contributed by atoms with E-state index in [0.29, 0.717) is 16.8 Å². The first-order valence-corrected chi connectivity index (χ1v) is 8.82. The van der Waals surface area contributed by atoms with Crippen LogP contribution in [-0.4, -0.2) is 25.6 Å². The lowest BCUT2D eigenvalue weighted by Gasteiger charge is -2.09. The summed E-state index contributed by atoms with van der Waals surface area (Å²) in [5.74, 6) is 1.39. The number of benzene rings is 2. The predicted octanol–water partition coefficient (Wildman–Crippen LogP) is 4.34. The molecular weight excluding hydrogens is 415 g/mol. The Bertz CT molecular complexity index is 1020. The van der Waals surface area contributed by atoms with E-state index in [-0.39, 0.29) is 28.0 Å². The number of anilines is 1. The van der Waals surface area contributed by atoms with Crippen molar-refractivity contribution < 1.29 is 19.1 Å². The summed E-state index contributed by atoms with van der Waals surface area (Å²) < 4.78 is 9.88. The fraction of sp³-hybridized carbons (Fsp3) is 0.0952. The zero-order chi connectivity index (χ0) is 21.4. The van der Waals surface area contributed by atoms with Gasteiger partial charge in [0.1, 0.15) is 18.2 Å². The molecule has 0 radical (unpaired) electrons. The molecule has 0 aliphatic rings. The van der Waals surface area contributed by atoms with Gasteiger partial charge in [-0.2, -0.15) is 5.26 Å². The number of methoxy groups -OCH3 is 1. The number of halogens is 2. The summed E-state index contributed by atoms with van der Waals surface area (Å²) in [7, 11) is 1.27. The lowest BCUT2D eigenvalue weighted by molar-refractivity contribution is -0.112. The van der Waals surface area contributed by atoms with Crippen molar-refractivity contribution in [2.75, 3.05) is 19.0 Å². The number of nitrogens with one attached hydrogen (secondary N) is 1. The van der Waals surface area contributed by atoms with E-state index in [0.717, 1.165) is 0 Å². The second-order valence-electron chi connectivity index (χ2n) is 5.50. The number of terminal acetylenes is 1. The molecule has 0 unspecified atom stereocenters. The number of carbonyl (C=O) groups is 2. The van der Waals surface area contributed by atoms with Crippen LogP contribution in [-0.2, 0) is 9.53 Å². The molecule has 1 N–H and O–H groups in total. The van der Waals surface area contributed by atoms with Gasteiger partial charge in [-0.05, 0) is 48.0 Å². The standard InChI is InChI=1S/C21H14Cl2N2O4/c1-3-8-29-19-17(22)10-13(11-18(19)23)9-15(12-24)20(26)25-16-6-4-14(5-7-16)21(27)28-2/h1,4-7,9-11H,8H2,2H3,(H,25,26)/b15-9+. The van der Waals surface area contributed by atoms with Crippen molar-refractivity contribution in [2.45, 2.75) is 0 Å². The van der Waals surface area contributed by atoms with Crippen molar-refractivity contribution in [1.82, 2.24) is 0 Å². The van der Waals surface area contributed by atoms with Crippen molar-refractivity contribution in [2.24, 2.45) is 0 Å². The highest BCUT2D eigenvalue weighted by molar-refractivity contribution is 6.37. The fourth-order valence-corrected chi connectivity index (χ4v) is 2.85. The Morgan fingerprint density at radius 2 is 1.83 bits per heavy atom. The molecule has 2 aromatic carbocycles. The van der Waals surface area contributed by atoms with Gasteiger partial charge in [0, 0.05) is 5.69 Å². The number of nitrogens with zero attached hydrogens (tertiary/aromatic N) is 1. The van der Waals surface area contributed by atoms with Gasteiger partial charge in [0.05, 0.1) is 22.7 Å². The Labute approximate surface area is 177 Å². The summed E-state index contributed by atoms with van der Waals surface area (Å²) in [6, 6.07) is 10.8. The minimum Gasteiger partial charge on any atom is -0.478 e. The molecule has 0 bridgehead atoms. The maximum absolute atomic E-state index is 12.4. The molecular formula is C21H14Cl2N2O4. The maximum Gasteiger partial charge on any atom is 0.337 e. The molecule has 0 fully saturated rings. The van der Waals surface area contributed by atoms with E-state index in [1.165, 1.54) is 49.6 Å². The molecule has 0 aliphatic carbocycles. The molecule has 0 spiro atoms. The minimum atomic E-state index is -0.641. The molecule has 0 aromatic heterocycles. The van der Waals surface area contributed by atoms with Crippen molar-refractivity contribution in [3.05, 3.63) is 63.1 Å². The van der Waals surface area contributed by atoms with E-state index in [1.807, 2.05) is 6.07 Å². The van der Waals surface area contributed by atoms with Crippen molar-refractivity contribution in [3.63, 3.8) is 0 Å². The molecule has 29 heavy (non-hydrogen) atoms. The van der Waals surface area contributed by atoms with E-state index in [1.54, 1.807) is 0 Å². The summed E-state index contributed by atoms with van der Waals surface area (Å²) in [6.07, 6.45) is 6.48. The average molecular weight is 429 g/mol. The first-order chi connectivity index (χ1) is 13.9. The third-order valence-corrected chi connectivity index (χ3v) is 4.12. The van der Waals surface area contributed by atoms with Gasteiger partial charge in [-0.25, -0.2) is 4.79 Å². The number of esters is 1. The van der Waals surface area contributed by atoms with Crippen LogP contribution in [0.5, 0.6) is 5.75 Å². The third kappa shape index (κ3) is 5.76. The van der Waals surface area contributed by atoms with Crippen molar-refractivity contribution in [3.8, 4) is 24.2 Å². The zero-order valence-corrected chi connectivity index (χ0v) is 16.7. The summed E-state index contributed by atoms with van der Waals surface area (Å²) in [6.45, 7) is -0.00472. The van der Waals surface area contributed by atoms with Crippen LogP contribution in [0.2, 0.25) is 10.0 Å². The van der Waals surface area contributed by atoms with Crippen molar-refractivity contribution in [1.29, 1.82) is 5.26 Å². The van der Waals surface area contributed by atoms with E-state index >= 15 is 0 Å². The van der Waals surface area contributed by atoms with Gasteiger partial charge in [0.15, 0.2) is 5.75 Å². The highest BCUT2D eigenvalue weighted by atomic mass is 35.5. The highest BCUT2D eigenvalue weighted by Crippen LogP contribution is 2.34. The molecule has 1 amide bonds. The molecule has 8 heteroatoms. The molecule has 2 rings (SSSR count). The summed E-state index contributed by atoms with van der Waals surface area (Å²) in [4.78, 5) is 23.8. The van der Waals surface area contributed by atoms with Crippen LogP contribution in [0.25, 0.3) is 6.08 Å². The zero-order valence-electron chi connectivity index (χ0n) is 15.2. The second kappa shape index (κ2) is 10.2. The summed E-state index contributed by atoms with van der Waals surface area (Å²) in [5, 5.41) is 12.3. The number of rotatable bonds is 6. The van der Waals surface area contributed by atoms with Gasteiger partial charge < -0.3 is 14.8 Å². The lowest BCUT2D eigenvalue weighted by atomic mass is 10.1. The Morgan fingerprint density at radius 1 is 1.21 bits per heavy atom. The molecule has 0 saturated heterocycles. The Kier molecular flexibility index (Phi) is 7.68. The number of ether oxygens (including phenoxy) is 2. The molecule has 6 nitrogen and oxygen atoms in total. The van der Waals surface area contributed by atoms with Crippen LogP contribution in [0.4, 0.5) is 5.69 Å². The van der Waals surface area contributed by atoms with Gasteiger partial charge in [-0.15, -0.1) is 6.42 Å². The first-order valence-electron chi connectivity index (χ1n) is 8.06. The van der Waals surface area contributed by atoms with E-state index < -0.39 is 11.9 Å². The summed E-state index contributed by atoms with van der Waals surface area (Å²) >= 11 is 12.3. The van der Waals surface area contributed by atoms with E-state index in [4.69, 9.17) is 34.4 Å². The van der Waals surface area contributed by atoms with Crippen LogP contribution in [0.1, 0.15) is 15.9 Å². The number of carbonyl (C=O) groups excluding carboxylic acids is 2. The number of nitriles is 1. The molecule has 0 heterocycles. The quantitative estimate of drug-likeness (QED) is 0.320. The van der Waals surface area contributed by atoms with Gasteiger partial charge in [0.25, 0.3) is 5.91 Å². The van der Waals surface area contributed by atoms with Gasteiger partial charge in [-0.1, -0.05) is 29.1 Å². The molecule has 146 valence electrons. The Morgan fingerprint density at radius 3 is 2.34 bits per heavy atom. The fourth-order valence-electron chi connectivity index (χ4n) is 2.24. The highest BCUT2D eigenvalue weighted by Gasteiger charge is 2.13. The molecule has 0 aliphatic heterocycles. The minimum absolute atomic E-state index is 0.00472. The van der Waals surface area contributed by atoms with Gasteiger partial charge in [0.2, 0.25) is 0 Å². The normalized spacial score (nSPS) is 10.4. The summed E-state index contributed by atoms with van der Waals surface area (Å²) in [5.41, 5.74) is 0.989. The maximum atomic E-state index is 12.4. The van der Waals surface area contributed by atoms with Crippen LogP contribution in [0.3, 0.4) is 0 Å². The van der Waals surface area contributed by atoms with Crippen LogP contribution in [0.15, 0.2) is 42.0 Å². The first kappa shape index (κ1) is 21.8. The Hall–Kier alpha value is -3.45. The van der Waals surface area contributed by atoms with Crippen LogP contribution >= 0.6 is 23.2 Å². The smallest absolute Gasteiger partial charge is 0.337 e. The topological polar surface area (TPSA) is 88.4 Å². The second-order valence-corrected chi connectivity index (χ2v) is 6.31. The number of amides is 1. The molecule has 0 atom stereocenters. The Balaban J connectivity index is 2.21. The van der Waals surface area contributed by atoms with Crippen molar-refractivity contribution >= 4 is 46.8 Å². The predicted molar refractivity (Wildman–Crippen MR) is 111 cm³/mol. The van der Waals surface area contributed by atoms with E-state index in [2.05, 4.69) is 16.0 Å². The number of hydrogen-bond donors (Lipinski definition) is 1. The van der Waals surface area contributed by atoms with Gasteiger partial charge >= 0.3 is 5.97 Å². The average Bonchev–Trinajstić information content (AvgIpc) is 2.71.